The van der Waals surface area contributed by atoms with Crippen molar-refractivity contribution in [2.45, 2.75) is 5.16 Å². The average Bonchev–Trinajstić information content (AvgIpc) is 2.76. The summed E-state index contributed by atoms with van der Waals surface area (Å²) in [5, 5.41) is -1.62. The molecule has 0 spiro atoms. The van der Waals surface area contributed by atoms with Crippen LogP contribution in [0.5, 0.6) is 0 Å². The summed E-state index contributed by atoms with van der Waals surface area (Å²) in [4.78, 5) is 13.9. The standard InChI is InChI=1S/C22H21O4P/c1-25-27(24,26-2)22(19-14-8-4-9-15-19,20-16-10-5-11-17-20)21(23)18-12-6-3-7-13-18/h3-17H,1-2H3. The van der Waals surface area contributed by atoms with Crippen LogP contribution in [0.25, 0.3) is 0 Å². The Balaban J connectivity index is 2.43. The molecule has 0 amide bonds. The lowest BCUT2D eigenvalue weighted by atomic mass is 9.83. The van der Waals surface area contributed by atoms with Crippen LogP contribution >= 0.6 is 7.60 Å². The van der Waals surface area contributed by atoms with Crippen molar-refractivity contribution in [2.24, 2.45) is 0 Å². The van der Waals surface area contributed by atoms with Crippen LogP contribution in [0.15, 0.2) is 91.0 Å². The molecule has 0 bridgehead atoms. The predicted octanol–water partition coefficient (Wildman–Crippen LogP) is 5.30. The third kappa shape index (κ3) is 3.17. The van der Waals surface area contributed by atoms with Crippen LogP contribution < -0.4 is 0 Å². The summed E-state index contributed by atoms with van der Waals surface area (Å²) in [5.41, 5.74) is 1.54. The van der Waals surface area contributed by atoms with Crippen LogP contribution in [0.2, 0.25) is 0 Å². The number of carbonyl (C=O) groups excluding carboxylic acids is 1. The van der Waals surface area contributed by atoms with Crippen LogP contribution in [0.3, 0.4) is 0 Å². The molecule has 0 aliphatic heterocycles. The third-order valence-electron chi connectivity index (χ3n) is 4.64. The van der Waals surface area contributed by atoms with Gasteiger partial charge in [0.25, 0.3) is 0 Å². The average molecular weight is 380 g/mol. The van der Waals surface area contributed by atoms with Gasteiger partial charge < -0.3 is 9.05 Å². The SMILES string of the molecule is COP(=O)(OC)C(C(=O)c1ccccc1)(c1ccccc1)c1ccccc1. The molecule has 0 aliphatic rings. The van der Waals surface area contributed by atoms with Crippen LogP contribution in [0.4, 0.5) is 0 Å². The lowest BCUT2D eigenvalue weighted by Crippen LogP contribution is -2.38. The lowest BCUT2D eigenvalue weighted by Gasteiger charge is -2.37. The minimum Gasteiger partial charge on any atom is -0.311 e. The van der Waals surface area contributed by atoms with Gasteiger partial charge in [-0.3, -0.25) is 9.36 Å². The van der Waals surface area contributed by atoms with Gasteiger partial charge in [-0.1, -0.05) is 91.0 Å². The molecule has 27 heavy (non-hydrogen) atoms. The number of ketones is 1. The minimum absolute atomic E-state index is 0.340. The fourth-order valence-corrected chi connectivity index (χ4v) is 5.38. The van der Waals surface area contributed by atoms with Gasteiger partial charge >= 0.3 is 7.60 Å². The quantitative estimate of drug-likeness (QED) is 0.412. The van der Waals surface area contributed by atoms with Crippen molar-refractivity contribution in [2.75, 3.05) is 14.2 Å². The normalized spacial score (nSPS) is 11.9. The van der Waals surface area contributed by atoms with E-state index in [0.717, 1.165) is 0 Å². The van der Waals surface area contributed by atoms with Crippen LogP contribution in [0, 0.1) is 0 Å². The summed E-state index contributed by atoms with van der Waals surface area (Å²) in [7, 11) is -1.32. The Kier molecular flexibility index (Phi) is 5.71. The van der Waals surface area contributed by atoms with E-state index in [9.17, 15) is 9.36 Å². The molecule has 0 saturated heterocycles. The zero-order valence-corrected chi connectivity index (χ0v) is 16.1. The molecule has 138 valence electrons. The van der Waals surface area contributed by atoms with Crippen molar-refractivity contribution >= 4 is 13.4 Å². The van der Waals surface area contributed by atoms with Gasteiger partial charge in [0, 0.05) is 19.8 Å². The van der Waals surface area contributed by atoms with Gasteiger partial charge in [0.2, 0.25) is 0 Å². The topological polar surface area (TPSA) is 52.6 Å². The molecule has 0 radical (unpaired) electrons. The second-order valence-corrected chi connectivity index (χ2v) is 8.40. The van der Waals surface area contributed by atoms with E-state index >= 15 is 0 Å². The first-order valence-corrected chi connectivity index (χ1v) is 10.1. The van der Waals surface area contributed by atoms with Gasteiger partial charge in [0.05, 0.1) is 0 Å². The highest BCUT2D eigenvalue weighted by atomic mass is 31.2. The van der Waals surface area contributed by atoms with E-state index in [1.807, 2.05) is 18.2 Å². The highest BCUT2D eigenvalue weighted by molar-refractivity contribution is 7.56. The Bertz CT molecular complexity index is 892. The van der Waals surface area contributed by atoms with Crippen molar-refractivity contribution in [3.05, 3.63) is 108 Å². The smallest absolute Gasteiger partial charge is 0.311 e. The molecule has 0 fully saturated rings. The molecular formula is C22H21O4P. The van der Waals surface area contributed by atoms with Gasteiger partial charge in [-0.15, -0.1) is 0 Å². The van der Waals surface area contributed by atoms with Gasteiger partial charge in [0.1, 0.15) is 0 Å². The summed E-state index contributed by atoms with van der Waals surface area (Å²) < 4.78 is 24.8. The number of hydrogen-bond donors (Lipinski definition) is 0. The molecule has 3 aromatic rings. The van der Waals surface area contributed by atoms with Crippen molar-refractivity contribution in [1.82, 2.24) is 0 Å². The highest BCUT2D eigenvalue weighted by Crippen LogP contribution is 2.68. The maximum absolute atomic E-state index is 13.9. The van der Waals surface area contributed by atoms with Crippen LogP contribution in [0.1, 0.15) is 21.5 Å². The fraction of sp³-hybridized carbons (Fsp3) is 0.136. The predicted molar refractivity (Wildman–Crippen MR) is 106 cm³/mol. The first-order valence-electron chi connectivity index (χ1n) is 8.52. The van der Waals surface area contributed by atoms with Crippen molar-refractivity contribution in [3.63, 3.8) is 0 Å². The Morgan fingerprint density at radius 3 is 1.44 bits per heavy atom. The van der Waals surface area contributed by atoms with Gasteiger partial charge in [-0.2, -0.15) is 0 Å². The molecule has 0 heterocycles. The van der Waals surface area contributed by atoms with Crippen molar-refractivity contribution in [1.29, 1.82) is 0 Å². The van der Waals surface area contributed by atoms with E-state index in [1.165, 1.54) is 14.2 Å². The van der Waals surface area contributed by atoms with Crippen molar-refractivity contribution in [3.8, 4) is 0 Å². The largest absolute Gasteiger partial charge is 0.352 e. The molecule has 0 unspecified atom stereocenters. The number of hydrogen-bond acceptors (Lipinski definition) is 4. The maximum Gasteiger partial charge on any atom is 0.352 e. The van der Waals surface area contributed by atoms with E-state index in [4.69, 9.17) is 9.05 Å². The zero-order valence-electron chi connectivity index (χ0n) is 15.2. The van der Waals surface area contributed by atoms with Gasteiger partial charge in [-0.05, 0) is 11.1 Å². The molecule has 3 rings (SSSR count). The third-order valence-corrected chi connectivity index (χ3v) is 7.14. The highest BCUT2D eigenvalue weighted by Gasteiger charge is 2.58. The molecule has 0 aliphatic carbocycles. The molecule has 0 saturated carbocycles. The molecule has 0 N–H and O–H groups in total. The molecule has 0 atom stereocenters. The molecular weight excluding hydrogens is 359 g/mol. The Hall–Kier alpha value is -2.52. The Morgan fingerprint density at radius 2 is 1.07 bits per heavy atom. The molecule has 4 nitrogen and oxygen atoms in total. The second kappa shape index (κ2) is 8.01. The summed E-state index contributed by atoms with van der Waals surface area (Å²) in [6.45, 7) is 0. The van der Waals surface area contributed by atoms with E-state index in [1.54, 1.807) is 72.8 Å². The van der Waals surface area contributed by atoms with Crippen molar-refractivity contribution < 1.29 is 18.4 Å². The number of Topliss-reactive ketones (excluding diaryl/α,β-unsaturated/α-hetero) is 1. The summed E-state index contributed by atoms with van der Waals surface area (Å²) in [5.74, 6) is -0.340. The number of benzene rings is 3. The first kappa shape index (κ1) is 19.2. The van der Waals surface area contributed by atoms with E-state index < -0.39 is 12.8 Å². The Morgan fingerprint density at radius 1 is 0.704 bits per heavy atom. The van der Waals surface area contributed by atoms with E-state index in [-0.39, 0.29) is 5.78 Å². The maximum atomic E-state index is 13.9. The Labute approximate surface area is 159 Å². The molecule has 5 heteroatoms. The van der Waals surface area contributed by atoms with Gasteiger partial charge in [0.15, 0.2) is 10.9 Å². The zero-order chi connectivity index (χ0) is 19.3. The molecule has 3 aromatic carbocycles. The van der Waals surface area contributed by atoms with E-state index in [2.05, 4.69) is 0 Å². The van der Waals surface area contributed by atoms with Crippen LogP contribution in [-0.4, -0.2) is 20.0 Å². The summed E-state index contributed by atoms with van der Waals surface area (Å²) in [6, 6.07) is 26.8. The minimum atomic E-state index is -3.94. The van der Waals surface area contributed by atoms with Gasteiger partial charge in [-0.25, -0.2) is 0 Å². The summed E-state index contributed by atoms with van der Waals surface area (Å²) in [6.07, 6.45) is 0. The second-order valence-electron chi connectivity index (χ2n) is 6.00. The van der Waals surface area contributed by atoms with Crippen LogP contribution in [-0.2, 0) is 18.8 Å². The molecule has 0 aromatic heterocycles. The monoisotopic (exact) mass is 380 g/mol. The lowest BCUT2D eigenvalue weighted by molar-refractivity contribution is 0.0933. The summed E-state index contributed by atoms with van der Waals surface area (Å²) >= 11 is 0. The fourth-order valence-electron chi connectivity index (χ4n) is 3.37. The number of rotatable bonds is 7. The number of carbonyl (C=O) groups is 1. The van der Waals surface area contributed by atoms with E-state index in [0.29, 0.717) is 16.7 Å². The first-order chi connectivity index (χ1) is 13.1.